The minimum absolute atomic E-state index is 0.117. The number of unbranched alkanes of at least 4 members (excludes halogenated alkanes) is 1. The number of methoxy groups -OCH3 is 1. The Bertz CT molecular complexity index is 169. The molecule has 0 rings (SSSR count). The Morgan fingerprint density at radius 2 is 2.00 bits per heavy atom. The molecule has 0 spiro atoms. The summed E-state index contributed by atoms with van der Waals surface area (Å²) in [4.78, 5) is 11.4. The van der Waals surface area contributed by atoms with Crippen molar-refractivity contribution in [3.63, 3.8) is 0 Å². The van der Waals surface area contributed by atoms with E-state index in [-0.39, 0.29) is 12.0 Å². The number of ether oxygens (including phenoxy) is 1. The Morgan fingerprint density at radius 3 is 2.47 bits per heavy atom. The maximum atomic E-state index is 11.4. The number of esters is 1. The molecule has 90 valence electrons. The lowest BCUT2D eigenvalue weighted by Gasteiger charge is -2.16. The highest BCUT2D eigenvalue weighted by atomic mass is 16.5. The summed E-state index contributed by atoms with van der Waals surface area (Å²) in [5.41, 5.74) is 0. The summed E-state index contributed by atoms with van der Waals surface area (Å²) in [7, 11) is 1.45. The van der Waals surface area contributed by atoms with Gasteiger partial charge < -0.3 is 10.1 Å². The van der Waals surface area contributed by atoms with Crippen LogP contribution in [0.1, 0.15) is 46.5 Å². The van der Waals surface area contributed by atoms with Gasteiger partial charge in [-0.3, -0.25) is 4.79 Å². The fourth-order valence-corrected chi connectivity index (χ4v) is 1.40. The Labute approximate surface area is 93.6 Å². The van der Waals surface area contributed by atoms with E-state index in [1.54, 1.807) is 0 Å². The van der Waals surface area contributed by atoms with E-state index in [1.807, 2.05) is 0 Å². The average Bonchev–Trinajstić information content (AvgIpc) is 2.21. The van der Waals surface area contributed by atoms with Crippen LogP contribution in [0.4, 0.5) is 0 Å². The standard InChI is InChI=1S/C12H25NO2/c1-5-6-7-11(12(14)15-4)13-9-8-10(2)3/h10-11,13H,5-9H2,1-4H3. The Hall–Kier alpha value is -0.570. The van der Waals surface area contributed by atoms with Gasteiger partial charge in [0.2, 0.25) is 0 Å². The highest BCUT2D eigenvalue weighted by Crippen LogP contribution is 2.04. The molecule has 0 saturated heterocycles. The van der Waals surface area contributed by atoms with E-state index < -0.39 is 0 Å². The largest absolute Gasteiger partial charge is 0.468 e. The molecule has 1 N–H and O–H groups in total. The van der Waals surface area contributed by atoms with Crippen molar-refractivity contribution in [2.75, 3.05) is 13.7 Å². The molecule has 1 atom stereocenters. The van der Waals surface area contributed by atoms with Crippen molar-refractivity contribution in [3.8, 4) is 0 Å². The van der Waals surface area contributed by atoms with Gasteiger partial charge in [0.25, 0.3) is 0 Å². The SMILES string of the molecule is CCCCC(NCCC(C)C)C(=O)OC. The van der Waals surface area contributed by atoms with Crippen LogP contribution < -0.4 is 5.32 Å². The predicted molar refractivity (Wildman–Crippen MR) is 62.8 cm³/mol. The molecule has 3 heteroatoms. The molecule has 0 bridgehead atoms. The van der Waals surface area contributed by atoms with Crippen molar-refractivity contribution in [2.24, 2.45) is 5.92 Å². The van der Waals surface area contributed by atoms with Crippen LogP contribution >= 0.6 is 0 Å². The smallest absolute Gasteiger partial charge is 0.322 e. The second kappa shape index (κ2) is 8.72. The summed E-state index contributed by atoms with van der Waals surface area (Å²) >= 11 is 0. The molecule has 0 aliphatic rings. The van der Waals surface area contributed by atoms with E-state index >= 15 is 0 Å². The molecule has 0 saturated carbocycles. The van der Waals surface area contributed by atoms with Crippen LogP contribution in [0, 0.1) is 5.92 Å². The summed E-state index contributed by atoms with van der Waals surface area (Å²) in [6, 6.07) is -0.117. The van der Waals surface area contributed by atoms with Crippen LogP contribution in [-0.2, 0) is 9.53 Å². The van der Waals surface area contributed by atoms with Gasteiger partial charge in [-0.25, -0.2) is 0 Å². The molecule has 0 aromatic heterocycles. The third-order valence-electron chi connectivity index (χ3n) is 2.44. The summed E-state index contributed by atoms with van der Waals surface area (Å²) in [6.07, 6.45) is 4.15. The van der Waals surface area contributed by atoms with E-state index in [1.165, 1.54) is 7.11 Å². The van der Waals surface area contributed by atoms with Crippen LogP contribution in [0.5, 0.6) is 0 Å². The minimum Gasteiger partial charge on any atom is -0.468 e. The topological polar surface area (TPSA) is 38.3 Å². The average molecular weight is 215 g/mol. The number of rotatable bonds is 8. The van der Waals surface area contributed by atoms with Gasteiger partial charge in [0.15, 0.2) is 0 Å². The molecule has 0 aromatic carbocycles. The fourth-order valence-electron chi connectivity index (χ4n) is 1.40. The Kier molecular flexibility index (Phi) is 8.38. The fraction of sp³-hybridized carbons (Fsp3) is 0.917. The predicted octanol–water partition coefficient (Wildman–Crippen LogP) is 2.35. The van der Waals surface area contributed by atoms with Crippen LogP contribution in [0.3, 0.4) is 0 Å². The van der Waals surface area contributed by atoms with E-state index in [2.05, 4.69) is 26.1 Å². The number of nitrogens with one attached hydrogen (secondary N) is 1. The molecule has 0 aromatic rings. The number of carbonyl (C=O) groups is 1. The lowest BCUT2D eigenvalue weighted by atomic mass is 10.1. The van der Waals surface area contributed by atoms with Gasteiger partial charge in [-0.15, -0.1) is 0 Å². The molecule has 3 nitrogen and oxygen atoms in total. The second-order valence-corrected chi connectivity index (χ2v) is 4.35. The molecule has 1 unspecified atom stereocenters. The first-order valence-corrected chi connectivity index (χ1v) is 5.93. The van der Waals surface area contributed by atoms with Gasteiger partial charge in [-0.05, 0) is 25.3 Å². The highest BCUT2D eigenvalue weighted by molar-refractivity contribution is 5.75. The van der Waals surface area contributed by atoms with Crippen molar-refractivity contribution in [3.05, 3.63) is 0 Å². The van der Waals surface area contributed by atoms with E-state index in [4.69, 9.17) is 4.74 Å². The summed E-state index contributed by atoms with van der Waals surface area (Å²) in [5, 5.41) is 3.26. The van der Waals surface area contributed by atoms with Crippen LogP contribution in [0.15, 0.2) is 0 Å². The molecule has 0 amide bonds. The minimum atomic E-state index is -0.132. The highest BCUT2D eigenvalue weighted by Gasteiger charge is 2.17. The van der Waals surface area contributed by atoms with Crippen molar-refractivity contribution >= 4 is 5.97 Å². The van der Waals surface area contributed by atoms with Gasteiger partial charge in [0, 0.05) is 0 Å². The number of carbonyl (C=O) groups excluding carboxylic acids is 1. The molecular formula is C12H25NO2. The van der Waals surface area contributed by atoms with Gasteiger partial charge in [0.05, 0.1) is 7.11 Å². The zero-order chi connectivity index (χ0) is 11.7. The maximum absolute atomic E-state index is 11.4. The van der Waals surface area contributed by atoms with Gasteiger partial charge in [-0.1, -0.05) is 33.6 Å². The molecule has 0 fully saturated rings. The first-order valence-electron chi connectivity index (χ1n) is 5.93. The van der Waals surface area contributed by atoms with Crippen molar-refractivity contribution in [1.29, 1.82) is 0 Å². The molecule has 0 aliphatic heterocycles. The molecular weight excluding hydrogens is 190 g/mol. The van der Waals surface area contributed by atoms with Crippen molar-refractivity contribution in [1.82, 2.24) is 5.32 Å². The van der Waals surface area contributed by atoms with Gasteiger partial charge >= 0.3 is 5.97 Å². The molecule has 15 heavy (non-hydrogen) atoms. The Morgan fingerprint density at radius 1 is 1.33 bits per heavy atom. The summed E-state index contributed by atoms with van der Waals surface area (Å²) < 4.78 is 4.77. The lowest BCUT2D eigenvalue weighted by molar-refractivity contribution is -0.143. The maximum Gasteiger partial charge on any atom is 0.322 e. The zero-order valence-corrected chi connectivity index (χ0v) is 10.5. The van der Waals surface area contributed by atoms with Crippen molar-refractivity contribution in [2.45, 2.75) is 52.5 Å². The van der Waals surface area contributed by atoms with Gasteiger partial charge in [-0.2, -0.15) is 0 Å². The van der Waals surface area contributed by atoms with E-state index in [9.17, 15) is 4.79 Å². The van der Waals surface area contributed by atoms with Crippen LogP contribution in [0.2, 0.25) is 0 Å². The van der Waals surface area contributed by atoms with E-state index in [0.717, 1.165) is 32.2 Å². The monoisotopic (exact) mass is 215 g/mol. The molecule has 0 radical (unpaired) electrons. The summed E-state index contributed by atoms with van der Waals surface area (Å²) in [6.45, 7) is 7.38. The normalized spacial score (nSPS) is 12.9. The first kappa shape index (κ1) is 14.4. The van der Waals surface area contributed by atoms with E-state index in [0.29, 0.717) is 5.92 Å². The first-order chi connectivity index (χ1) is 7.11. The third-order valence-corrected chi connectivity index (χ3v) is 2.44. The van der Waals surface area contributed by atoms with Crippen molar-refractivity contribution < 1.29 is 9.53 Å². The number of hydrogen-bond donors (Lipinski definition) is 1. The third kappa shape index (κ3) is 7.37. The Balaban J connectivity index is 3.84. The van der Waals surface area contributed by atoms with Crippen LogP contribution in [0.25, 0.3) is 0 Å². The van der Waals surface area contributed by atoms with Crippen LogP contribution in [-0.4, -0.2) is 25.7 Å². The number of hydrogen-bond acceptors (Lipinski definition) is 3. The lowest BCUT2D eigenvalue weighted by Crippen LogP contribution is -2.38. The van der Waals surface area contributed by atoms with Gasteiger partial charge in [0.1, 0.15) is 6.04 Å². The quantitative estimate of drug-likeness (QED) is 0.632. The second-order valence-electron chi connectivity index (χ2n) is 4.35. The molecule has 0 heterocycles. The summed E-state index contributed by atoms with van der Waals surface area (Å²) in [5.74, 6) is 0.536. The zero-order valence-electron chi connectivity index (χ0n) is 10.5. The molecule has 0 aliphatic carbocycles.